The molecule has 3 unspecified atom stereocenters. The van der Waals surface area contributed by atoms with Crippen LogP contribution in [0.2, 0.25) is 5.02 Å². The summed E-state index contributed by atoms with van der Waals surface area (Å²) in [6.45, 7) is 9.48. The summed E-state index contributed by atoms with van der Waals surface area (Å²) in [6.07, 6.45) is 7.14. The van der Waals surface area contributed by atoms with Gasteiger partial charge in [0.05, 0.1) is 63.6 Å². The molecule has 6 aliphatic heterocycles. The number of anilines is 4. The maximum absolute atomic E-state index is 13.5. The first-order valence-electron chi connectivity index (χ1n) is 36.7. The van der Waals surface area contributed by atoms with Gasteiger partial charge in [0.1, 0.15) is 40.2 Å². The van der Waals surface area contributed by atoms with Crippen molar-refractivity contribution in [1.82, 2.24) is 34.6 Å². The second kappa shape index (κ2) is 39.5. The van der Waals surface area contributed by atoms with Crippen molar-refractivity contribution in [2.45, 2.75) is 81.8 Å². The Morgan fingerprint density at radius 1 is 0.815 bits per heavy atom. The van der Waals surface area contributed by atoms with Crippen LogP contribution >= 0.6 is 80.9 Å². The van der Waals surface area contributed by atoms with Gasteiger partial charge in [0.2, 0.25) is 26.8 Å². The third-order valence-corrected chi connectivity index (χ3v) is 26.1. The fourth-order valence-corrected chi connectivity index (χ4v) is 19.4. The maximum Gasteiger partial charge on any atom is 0.355 e. The third kappa shape index (κ3) is 20.5. The van der Waals surface area contributed by atoms with Gasteiger partial charge in [-0.2, -0.15) is 9.30 Å². The molecule has 25 nitrogen and oxygen atoms in total. The number of aromatic hydroxyl groups is 1. The number of nitrogens with zero attached hydrogens (tertiary/aromatic N) is 10. The maximum atomic E-state index is 13.5. The molecule has 4 aromatic heterocycles. The standard InChI is InChI=1S/C24H22N2O5S.C20H21N3O2S2.C16H11N3O2S2.C14H12ClN3O2S.C10H8N2OS.2CH4/c1-4-30-22(28)19-20-16-7-5-6-8-17(16)31-24(19,2)25-23-26(20)21(27)18(32-23)13-14-9-11-15(29-3)12-10-14;1-15-4-8-17(9-5-15)21-20-22-19(14-26-20)16-6-10-18(11-7-16)27(24,25)23-12-2-3-13-23;20-14-9-22-15(17-14)18-16(21)19-10-5-1-3-7-12(10)23-13-8-4-2-6-11(13)19;1-8-11(13(19)17-14-16-6-7-21-14)12(18-20-8)9-4-2-3-5-10(9)15;13-9-3-1-8(2-4-9)7-12-10-11-5-6-14-10;;/h5-13,19-20H,4H2,1-3H3;4-11,14H,2-3,12-13H2,1H3,(H,21,22);1-8H,9H2,(H,17,18,20,21);2-5H,6-7H2,1H3,(H,16,17,19);1-7,13H;2*1H4. The van der Waals surface area contributed by atoms with E-state index in [-0.39, 0.29) is 44.6 Å². The minimum atomic E-state index is -3.37. The lowest BCUT2D eigenvalue weighted by molar-refractivity contribution is -0.160. The van der Waals surface area contributed by atoms with Crippen molar-refractivity contribution < 1.29 is 51.4 Å². The number of phenolic OH excluding ortho intramolecular Hbond substituents is 1. The Labute approximate surface area is 717 Å². The SMILES string of the molecule is C.C.CCOC(=O)C1C2c3ccccc3OC1(C)N=c1sc(=Cc3ccc(OC)cc3)c(=O)n12.Cc1ccc(Nc2nc(-c3ccc(S(=O)(=O)N4CCCC4)cc3)cs2)cc1.Cc1onc(-c2ccccc2Cl)c1C(=O)NC1=NCCS1.O=C1CSC(=NC(=O)N2c3ccccc3Sc3ccccc32)N1.Oc1ccc(C=Nc2nccs2)cc1. The van der Waals surface area contributed by atoms with Crippen LogP contribution in [-0.4, -0.2) is 128 Å². The number of sulfonamides is 1. The van der Waals surface area contributed by atoms with Crippen LogP contribution < -0.4 is 45.2 Å². The molecule has 8 aromatic carbocycles. The number of aliphatic imine (C=N–C) groups is 3. The number of hydrogen-bond donors (Lipinski definition) is 4. The number of esters is 1. The van der Waals surface area contributed by atoms with Crippen molar-refractivity contribution in [3.05, 3.63) is 269 Å². The second-order valence-electron chi connectivity index (χ2n) is 26.5. The number of thioether (sulfide) groups is 2. The number of carbonyl (C=O) groups excluding carboxylic acids is 4. The number of para-hydroxylation sites is 3. The Morgan fingerprint density at radius 3 is 2.15 bits per heavy atom. The van der Waals surface area contributed by atoms with Crippen LogP contribution in [0.3, 0.4) is 0 Å². The van der Waals surface area contributed by atoms with Crippen LogP contribution in [0.5, 0.6) is 17.2 Å². The van der Waals surface area contributed by atoms with Gasteiger partial charge in [0, 0.05) is 74.2 Å². The van der Waals surface area contributed by atoms with Gasteiger partial charge in [-0.05, 0) is 155 Å². The molecule has 2 saturated heterocycles. The molecule has 119 heavy (non-hydrogen) atoms. The van der Waals surface area contributed by atoms with Gasteiger partial charge in [0.15, 0.2) is 20.3 Å². The predicted octanol–water partition coefficient (Wildman–Crippen LogP) is 17.5. The summed E-state index contributed by atoms with van der Waals surface area (Å²) in [5.41, 5.74) is 8.28. The number of ether oxygens (including phenoxy) is 3. The summed E-state index contributed by atoms with van der Waals surface area (Å²) in [5, 5.41) is 28.6. The van der Waals surface area contributed by atoms with Crippen molar-refractivity contribution in [3.63, 3.8) is 0 Å². The van der Waals surface area contributed by atoms with Crippen LogP contribution in [0.25, 0.3) is 28.6 Å². The number of hydrogen-bond acceptors (Lipinski definition) is 25. The fraction of sp³-hybridized carbons (Fsp3) is 0.209. The van der Waals surface area contributed by atoms with E-state index in [1.54, 1.807) is 114 Å². The third-order valence-electron chi connectivity index (χ3n) is 18.6. The van der Waals surface area contributed by atoms with Gasteiger partial charge in [-0.25, -0.2) is 33.2 Å². The van der Waals surface area contributed by atoms with E-state index in [9.17, 15) is 32.4 Å². The summed E-state index contributed by atoms with van der Waals surface area (Å²) in [7, 11) is -1.76. The van der Waals surface area contributed by atoms with E-state index in [2.05, 4.69) is 65.1 Å². The van der Waals surface area contributed by atoms with Gasteiger partial charge in [-0.1, -0.05) is 181 Å². The molecule has 6 aliphatic rings. The van der Waals surface area contributed by atoms with E-state index in [0.29, 0.717) is 76.8 Å². The lowest BCUT2D eigenvalue weighted by Gasteiger charge is -2.44. The Bertz CT molecular complexity index is 6010. The average Bonchev–Trinajstić information content (AvgIpc) is 1.63. The number of thiazole rings is 3. The van der Waals surface area contributed by atoms with Crippen LogP contribution in [0.15, 0.2) is 255 Å². The number of aryl methyl sites for hydroxylation is 2. The molecule has 3 atom stereocenters. The largest absolute Gasteiger partial charge is 0.508 e. The monoisotopic (exact) mass is 1750 g/mol. The van der Waals surface area contributed by atoms with Crippen LogP contribution in [-0.2, 0) is 24.3 Å². The second-order valence-corrected chi connectivity index (χ2v) is 34.7. The smallest absolute Gasteiger partial charge is 0.355 e. The molecule has 0 aliphatic carbocycles. The minimum Gasteiger partial charge on any atom is -0.508 e. The first-order chi connectivity index (χ1) is 56.7. The van der Waals surface area contributed by atoms with Gasteiger partial charge < -0.3 is 39.8 Å². The summed E-state index contributed by atoms with van der Waals surface area (Å²) < 4.78 is 50.9. The highest BCUT2D eigenvalue weighted by Crippen LogP contribution is 2.50. The number of amides is 4. The molecule has 4 amide bonds. The topological polar surface area (TPSA) is 316 Å². The van der Waals surface area contributed by atoms with Crippen molar-refractivity contribution in [2.75, 3.05) is 55.1 Å². The zero-order chi connectivity index (χ0) is 81.7. The summed E-state index contributed by atoms with van der Waals surface area (Å²) in [4.78, 5) is 93.3. The van der Waals surface area contributed by atoms with E-state index in [4.69, 9.17) is 40.4 Å². The summed E-state index contributed by atoms with van der Waals surface area (Å²) in [5.74, 6) is 1.65. The number of methoxy groups -OCH3 is 1. The van der Waals surface area contributed by atoms with Gasteiger partial charge in [-0.3, -0.25) is 33.6 Å². The summed E-state index contributed by atoms with van der Waals surface area (Å²) in [6, 6.07) is 58.6. The number of amidine groups is 2. The number of nitrogens with one attached hydrogen (secondary N) is 3. The van der Waals surface area contributed by atoms with E-state index >= 15 is 0 Å². The molecule has 18 rings (SSSR count). The van der Waals surface area contributed by atoms with E-state index in [0.717, 1.165) is 96.0 Å². The molecule has 4 N–H and O–H groups in total. The first kappa shape index (κ1) is 87.0. The zero-order valence-corrected chi connectivity index (χ0v) is 69.8. The van der Waals surface area contributed by atoms with E-state index in [1.165, 1.54) is 63.1 Å². The number of carbonyl (C=O) groups is 4. The van der Waals surface area contributed by atoms with Gasteiger partial charge in [0.25, 0.3) is 11.5 Å². The average molecular weight is 1750 g/mol. The molecule has 0 radical (unpaired) electrons. The molecule has 0 saturated carbocycles. The lowest BCUT2D eigenvalue weighted by atomic mass is 9.81. The Kier molecular flexibility index (Phi) is 28.9. The number of rotatable bonds is 13. The molecule has 33 heteroatoms. The number of fused-ring (bicyclic) bond motifs is 8. The first-order valence-corrected chi connectivity index (χ1v) is 43.8. The number of phenols is 1. The molecule has 10 heterocycles. The van der Waals surface area contributed by atoms with Crippen LogP contribution in [0.4, 0.5) is 32.1 Å². The number of halogens is 1. The molecular formula is C86H82ClN13O12S7. The van der Waals surface area contributed by atoms with E-state index < -0.39 is 39.7 Å². The van der Waals surface area contributed by atoms with E-state index in [1.807, 2.05) is 150 Å². The number of benzene rings is 8. The molecule has 612 valence electrons. The molecule has 0 spiro atoms. The molecule has 2 fully saturated rings. The number of aromatic nitrogens is 4. The molecular weight excluding hydrogens is 1670 g/mol. The number of urea groups is 1. The predicted molar refractivity (Wildman–Crippen MR) is 477 cm³/mol. The van der Waals surface area contributed by atoms with Crippen molar-refractivity contribution in [1.29, 1.82) is 0 Å². The highest BCUT2D eigenvalue weighted by molar-refractivity contribution is 8.15. The summed E-state index contributed by atoms with van der Waals surface area (Å²) >= 11 is 14.9. The minimum absolute atomic E-state index is 0. The zero-order valence-electron chi connectivity index (χ0n) is 63.3. The van der Waals surface area contributed by atoms with Crippen LogP contribution in [0.1, 0.15) is 86.0 Å². The van der Waals surface area contributed by atoms with Crippen molar-refractivity contribution >= 4 is 165 Å². The Hall–Kier alpha value is -11.3. The van der Waals surface area contributed by atoms with Crippen LogP contribution in [0, 0.1) is 19.8 Å². The lowest BCUT2D eigenvalue weighted by Crippen LogP contribution is -2.58. The van der Waals surface area contributed by atoms with Crippen molar-refractivity contribution in [3.8, 4) is 39.8 Å². The molecule has 12 aromatic rings. The quantitative estimate of drug-likeness (QED) is 0.0615. The highest BCUT2D eigenvalue weighted by Gasteiger charge is 2.56. The van der Waals surface area contributed by atoms with Gasteiger partial charge >= 0.3 is 12.0 Å². The normalized spacial score (nSPS) is 16.9. The van der Waals surface area contributed by atoms with Gasteiger partial charge in [-0.15, -0.1) is 22.7 Å². The highest BCUT2D eigenvalue weighted by atomic mass is 35.5. The molecule has 2 bridgehead atoms. The fourth-order valence-electron chi connectivity index (χ4n) is 12.9. The Morgan fingerprint density at radius 2 is 1.50 bits per heavy atom. The van der Waals surface area contributed by atoms with Crippen molar-refractivity contribution in [2.24, 2.45) is 25.9 Å². The Balaban J connectivity index is 0.000000139.